The Labute approximate surface area is 185 Å². The highest BCUT2D eigenvalue weighted by molar-refractivity contribution is 5.79. The minimum atomic E-state index is 0.131. The second-order valence-electron chi connectivity index (χ2n) is 8.67. The zero-order chi connectivity index (χ0) is 21.5. The SMILES string of the molecule is CN=C(NCc1ccnc(OCC2CC2)c1)NCC1CCCOC1c1ccc(C)cc1. The van der Waals surface area contributed by atoms with E-state index >= 15 is 0 Å². The van der Waals surface area contributed by atoms with Crippen LogP contribution in [-0.2, 0) is 11.3 Å². The number of hydrogen-bond donors (Lipinski definition) is 2. The Morgan fingerprint density at radius 1 is 1.16 bits per heavy atom. The van der Waals surface area contributed by atoms with Gasteiger partial charge in [-0.1, -0.05) is 29.8 Å². The number of aliphatic imine (C=N–C) groups is 1. The first kappa shape index (κ1) is 21.6. The van der Waals surface area contributed by atoms with E-state index in [9.17, 15) is 0 Å². The van der Waals surface area contributed by atoms with E-state index in [1.165, 1.54) is 24.0 Å². The topological polar surface area (TPSA) is 67.8 Å². The first-order valence-electron chi connectivity index (χ1n) is 11.4. The molecule has 1 saturated heterocycles. The van der Waals surface area contributed by atoms with Gasteiger partial charge in [0.05, 0.1) is 12.7 Å². The van der Waals surface area contributed by atoms with Gasteiger partial charge in [0, 0.05) is 44.9 Å². The molecule has 166 valence electrons. The molecule has 0 bridgehead atoms. The maximum atomic E-state index is 6.15. The molecule has 6 heteroatoms. The van der Waals surface area contributed by atoms with Gasteiger partial charge in [-0.2, -0.15) is 0 Å². The van der Waals surface area contributed by atoms with E-state index < -0.39 is 0 Å². The molecule has 1 saturated carbocycles. The summed E-state index contributed by atoms with van der Waals surface area (Å²) in [5.74, 6) is 2.64. The second-order valence-corrected chi connectivity index (χ2v) is 8.67. The molecule has 0 spiro atoms. The number of guanidine groups is 1. The number of rotatable bonds is 8. The molecular weight excluding hydrogens is 388 g/mol. The molecule has 2 unspecified atom stereocenters. The van der Waals surface area contributed by atoms with E-state index in [1.54, 1.807) is 13.2 Å². The first-order chi connectivity index (χ1) is 15.2. The van der Waals surface area contributed by atoms with E-state index in [0.29, 0.717) is 18.3 Å². The lowest BCUT2D eigenvalue weighted by Gasteiger charge is -2.32. The quantitative estimate of drug-likeness (QED) is 0.497. The Hall–Kier alpha value is -2.60. The van der Waals surface area contributed by atoms with Gasteiger partial charge < -0.3 is 20.1 Å². The standard InChI is InChI=1S/C25H34N4O2/c1-18-5-9-21(10-6-18)24-22(4-3-13-30-24)16-29-25(26-2)28-15-20-11-12-27-23(14-20)31-17-19-7-8-19/h5-6,9-12,14,19,22,24H,3-4,7-8,13,15-17H2,1-2H3,(H2,26,28,29). The van der Waals surface area contributed by atoms with E-state index in [2.05, 4.69) is 51.8 Å². The number of aromatic nitrogens is 1. The molecule has 31 heavy (non-hydrogen) atoms. The van der Waals surface area contributed by atoms with Gasteiger partial charge in [0.25, 0.3) is 0 Å². The molecule has 1 aliphatic carbocycles. The van der Waals surface area contributed by atoms with Gasteiger partial charge in [-0.25, -0.2) is 4.98 Å². The van der Waals surface area contributed by atoms with Gasteiger partial charge in [0.1, 0.15) is 0 Å². The van der Waals surface area contributed by atoms with Crippen LogP contribution in [-0.4, -0.2) is 37.7 Å². The molecule has 2 fully saturated rings. The molecule has 0 radical (unpaired) electrons. The molecule has 2 atom stereocenters. The molecule has 1 aromatic carbocycles. The second kappa shape index (κ2) is 10.6. The van der Waals surface area contributed by atoms with E-state index in [1.807, 2.05) is 12.1 Å². The van der Waals surface area contributed by atoms with Crippen LogP contribution in [0.15, 0.2) is 47.6 Å². The van der Waals surface area contributed by atoms with Crippen LogP contribution in [0.1, 0.15) is 48.5 Å². The molecule has 1 aromatic heterocycles. The molecule has 2 aromatic rings. The number of nitrogens with zero attached hydrogens (tertiary/aromatic N) is 2. The molecular formula is C25H34N4O2. The number of nitrogens with one attached hydrogen (secondary N) is 2. The largest absolute Gasteiger partial charge is 0.477 e. The summed E-state index contributed by atoms with van der Waals surface area (Å²) in [5.41, 5.74) is 3.66. The summed E-state index contributed by atoms with van der Waals surface area (Å²) in [6.45, 7) is 5.22. The Morgan fingerprint density at radius 3 is 2.77 bits per heavy atom. The first-order valence-corrected chi connectivity index (χ1v) is 11.4. The van der Waals surface area contributed by atoms with Crippen LogP contribution >= 0.6 is 0 Å². The van der Waals surface area contributed by atoms with Gasteiger partial charge in [0.15, 0.2) is 5.96 Å². The van der Waals surface area contributed by atoms with Gasteiger partial charge in [-0.3, -0.25) is 4.99 Å². The van der Waals surface area contributed by atoms with Crippen molar-refractivity contribution in [2.45, 2.75) is 45.3 Å². The summed E-state index contributed by atoms with van der Waals surface area (Å²) in [7, 11) is 1.81. The van der Waals surface area contributed by atoms with Crippen molar-refractivity contribution in [2.75, 3.05) is 26.8 Å². The fourth-order valence-corrected chi connectivity index (χ4v) is 3.94. The van der Waals surface area contributed by atoms with Gasteiger partial charge in [-0.15, -0.1) is 0 Å². The monoisotopic (exact) mass is 422 g/mol. The normalized spacial score (nSPS) is 21.5. The maximum Gasteiger partial charge on any atom is 0.213 e. The molecule has 0 amide bonds. The summed E-state index contributed by atoms with van der Waals surface area (Å²) in [5, 5.41) is 6.90. The van der Waals surface area contributed by atoms with Crippen molar-refractivity contribution in [3.63, 3.8) is 0 Å². The Kier molecular flexibility index (Phi) is 7.41. The number of ether oxygens (including phenoxy) is 2. The Bertz CT molecular complexity index is 864. The van der Waals surface area contributed by atoms with Gasteiger partial charge in [0.2, 0.25) is 5.88 Å². The predicted octanol–water partition coefficient (Wildman–Crippen LogP) is 4.01. The molecule has 2 heterocycles. The number of pyridine rings is 1. The number of aryl methyl sites for hydroxylation is 1. The van der Waals surface area contributed by atoms with Crippen molar-refractivity contribution >= 4 is 5.96 Å². The molecule has 6 nitrogen and oxygen atoms in total. The van der Waals surface area contributed by atoms with Crippen LogP contribution in [0.4, 0.5) is 0 Å². The van der Waals surface area contributed by atoms with Crippen molar-refractivity contribution in [3.8, 4) is 5.88 Å². The average Bonchev–Trinajstić information content (AvgIpc) is 3.64. The minimum absolute atomic E-state index is 0.131. The third-order valence-electron chi connectivity index (χ3n) is 6.03. The molecule has 2 aliphatic rings. The average molecular weight is 423 g/mol. The highest BCUT2D eigenvalue weighted by Gasteiger charge is 2.27. The summed E-state index contributed by atoms with van der Waals surface area (Å²) in [6.07, 6.45) is 6.74. The summed E-state index contributed by atoms with van der Waals surface area (Å²) >= 11 is 0. The fraction of sp³-hybridized carbons (Fsp3) is 0.520. The third-order valence-corrected chi connectivity index (χ3v) is 6.03. The summed E-state index contributed by atoms with van der Waals surface area (Å²) in [6, 6.07) is 12.7. The van der Waals surface area contributed by atoms with E-state index in [-0.39, 0.29) is 6.10 Å². The lowest BCUT2D eigenvalue weighted by atomic mass is 9.89. The van der Waals surface area contributed by atoms with Crippen molar-refractivity contribution < 1.29 is 9.47 Å². The summed E-state index contributed by atoms with van der Waals surface area (Å²) < 4.78 is 11.9. The highest BCUT2D eigenvalue weighted by atomic mass is 16.5. The van der Waals surface area contributed by atoms with Crippen LogP contribution < -0.4 is 15.4 Å². The van der Waals surface area contributed by atoms with Gasteiger partial charge in [-0.05, 0) is 55.7 Å². The van der Waals surface area contributed by atoms with Crippen LogP contribution in [0.2, 0.25) is 0 Å². The maximum absolute atomic E-state index is 6.15. The third kappa shape index (κ3) is 6.44. The van der Waals surface area contributed by atoms with E-state index in [4.69, 9.17) is 9.47 Å². The van der Waals surface area contributed by atoms with Crippen molar-refractivity contribution in [1.29, 1.82) is 0 Å². The summed E-state index contributed by atoms with van der Waals surface area (Å²) in [4.78, 5) is 8.71. The Morgan fingerprint density at radius 2 is 2.00 bits per heavy atom. The predicted molar refractivity (Wildman–Crippen MR) is 123 cm³/mol. The lowest BCUT2D eigenvalue weighted by molar-refractivity contribution is -0.0265. The fourth-order valence-electron chi connectivity index (χ4n) is 3.94. The highest BCUT2D eigenvalue weighted by Crippen LogP contribution is 2.33. The van der Waals surface area contributed by atoms with Crippen molar-refractivity contribution in [3.05, 3.63) is 59.3 Å². The van der Waals surface area contributed by atoms with Crippen LogP contribution in [0.5, 0.6) is 5.88 Å². The van der Waals surface area contributed by atoms with Crippen LogP contribution in [0.25, 0.3) is 0 Å². The zero-order valence-corrected chi connectivity index (χ0v) is 18.6. The lowest BCUT2D eigenvalue weighted by Crippen LogP contribution is -2.41. The number of hydrogen-bond acceptors (Lipinski definition) is 4. The Balaban J connectivity index is 1.28. The number of benzene rings is 1. The van der Waals surface area contributed by atoms with Crippen molar-refractivity contribution in [1.82, 2.24) is 15.6 Å². The molecule has 1 aliphatic heterocycles. The van der Waals surface area contributed by atoms with Gasteiger partial charge >= 0.3 is 0 Å². The van der Waals surface area contributed by atoms with Crippen molar-refractivity contribution in [2.24, 2.45) is 16.8 Å². The smallest absolute Gasteiger partial charge is 0.213 e. The molecule has 4 rings (SSSR count). The minimum Gasteiger partial charge on any atom is -0.477 e. The van der Waals surface area contributed by atoms with Crippen LogP contribution in [0.3, 0.4) is 0 Å². The zero-order valence-electron chi connectivity index (χ0n) is 18.6. The van der Waals surface area contributed by atoms with E-state index in [0.717, 1.165) is 50.0 Å². The van der Waals surface area contributed by atoms with Crippen LogP contribution in [0, 0.1) is 18.8 Å². The molecule has 2 N–H and O–H groups in total.